The summed E-state index contributed by atoms with van der Waals surface area (Å²) >= 11 is 12.0. The van der Waals surface area contributed by atoms with Crippen LogP contribution >= 0.6 is 23.2 Å². The zero-order valence-corrected chi connectivity index (χ0v) is 11.8. The molecule has 1 N–H and O–H groups in total. The van der Waals surface area contributed by atoms with E-state index >= 15 is 0 Å². The molecule has 1 heterocycles. The van der Waals surface area contributed by atoms with E-state index in [1.807, 2.05) is 0 Å². The van der Waals surface area contributed by atoms with Crippen molar-refractivity contribution in [2.24, 2.45) is 0 Å². The van der Waals surface area contributed by atoms with Crippen molar-refractivity contribution < 1.29 is 9.32 Å². The van der Waals surface area contributed by atoms with Crippen molar-refractivity contribution in [1.29, 1.82) is 0 Å². The van der Waals surface area contributed by atoms with Gasteiger partial charge in [-0.1, -0.05) is 34.4 Å². The van der Waals surface area contributed by atoms with Gasteiger partial charge in [-0.25, -0.2) is 0 Å². The van der Waals surface area contributed by atoms with Crippen LogP contribution in [0.25, 0.3) is 0 Å². The Kier molecular flexibility index (Phi) is 4.07. The summed E-state index contributed by atoms with van der Waals surface area (Å²) in [5.74, 6) is -0.149. The minimum atomic E-state index is -0.565. The summed E-state index contributed by atoms with van der Waals surface area (Å²) in [6, 6.07) is 4.99. The van der Waals surface area contributed by atoms with Crippen LogP contribution in [0.2, 0.25) is 10.0 Å². The second kappa shape index (κ2) is 5.59. The number of amides is 1. The van der Waals surface area contributed by atoms with E-state index in [-0.39, 0.29) is 5.91 Å². The highest BCUT2D eigenvalue weighted by Gasteiger charge is 2.22. The van der Waals surface area contributed by atoms with Gasteiger partial charge in [0.25, 0.3) is 0 Å². The number of carbonyl (C=O) groups excluding carboxylic acids is 1. The third-order valence-electron chi connectivity index (χ3n) is 2.53. The van der Waals surface area contributed by atoms with E-state index < -0.39 is 5.92 Å². The summed E-state index contributed by atoms with van der Waals surface area (Å²) in [5.41, 5.74) is 0.378. The van der Waals surface area contributed by atoms with Gasteiger partial charge in [-0.2, -0.15) is 4.98 Å². The van der Waals surface area contributed by atoms with Crippen LogP contribution in [0.15, 0.2) is 22.7 Å². The first-order chi connectivity index (χ1) is 8.99. The highest BCUT2D eigenvalue weighted by molar-refractivity contribution is 6.39. The SMILES string of the molecule is Cc1nc(C(C)C(=O)Nc2c(Cl)cccc2Cl)no1. The molecule has 1 amide bonds. The summed E-state index contributed by atoms with van der Waals surface area (Å²) in [6.45, 7) is 3.33. The van der Waals surface area contributed by atoms with Gasteiger partial charge in [0.15, 0.2) is 5.82 Å². The lowest BCUT2D eigenvalue weighted by Gasteiger charge is -2.11. The first-order valence-corrected chi connectivity index (χ1v) is 6.29. The van der Waals surface area contributed by atoms with Gasteiger partial charge in [-0.3, -0.25) is 4.79 Å². The number of rotatable bonds is 3. The van der Waals surface area contributed by atoms with Gasteiger partial charge in [0, 0.05) is 6.92 Å². The number of nitrogens with zero attached hydrogens (tertiary/aromatic N) is 2. The largest absolute Gasteiger partial charge is 0.340 e. The highest BCUT2D eigenvalue weighted by atomic mass is 35.5. The standard InChI is InChI=1S/C12H11Cl2N3O2/c1-6(11-15-7(2)19-17-11)12(18)16-10-8(13)4-3-5-9(10)14/h3-6H,1-2H3,(H,16,18). The van der Waals surface area contributed by atoms with Gasteiger partial charge >= 0.3 is 0 Å². The maximum atomic E-state index is 12.1. The van der Waals surface area contributed by atoms with Gasteiger partial charge in [0.1, 0.15) is 0 Å². The van der Waals surface area contributed by atoms with E-state index in [1.165, 1.54) is 0 Å². The summed E-state index contributed by atoms with van der Waals surface area (Å²) in [5, 5.41) is 7.12. The Hall–Kier alpha value is -1.59. The minimum Gasteiger partial charge on any atom is -0.340 e. The number of carbonyl (C=O) groups is 1. The first-order valence-electron chi connectivity index (χ1n) is 5.54. The molecule has 0 saturated carbocycles. The lowest BCUT2D eigenvalue weighted by Crippen LogP contribution is -2.20. The molecule has 0 fully saturated rings. The summed E-state index contributed by atoms with van der Waals surface area (Å²) in [7, 11) is 0. The molecule has 0 saturated heterocycles. The molecule has 1 atom stereocenters. The van der Waals surface area contributed by atoms with Crippen molar-refractivity contribution in [3.63, 3.8) is 0 Å². The Bertz CT molecular complexity index is 593. The Morgan fingerprint density at radius 3 is 2.53 bits per heavy atom. The molecule has 0 bridgehead atoms. The van der Waals surface area contributed by atoms with Crippen molar-refractivity contribution in [3.8, 4) is 0 Å². The van der Waals surface area contributed by atoms with Crippen molar-refractivity contribution in [2.45, 2.75) is 19.8 Å². The number of anilines is 1. The Morgan fingerprint density at radius 2 is 2.00 bits per heavy atom. The van der Waals surface area contributed by atoms with E-state index in [9.17, 15) is 4.79 Å². The fourth-order valence-electron chi connectivity index (χ4n) is 1.46. The Labute approximate surface area is 119 Å². The number of hydrogen-bond acceptors (Lipinski definition) is 4. The van der Waals surface area contributed by atoms with Crippen LogP contribution in [-0.2, 0) is 4.79 Å². The number of aryl methyl sites for hydroxylation is 1. The van der Waals surface area contributed by atoms with Gasteiger partial charge in [0.2, 0.25) is 11.8 Å². The lowest BCUT2D eigenvalue weighted by molar-refractivity contribution is -0.117. The third kappa shape index (κ3) is 3.05. The second-order valence-electron chi connectivity index (χ2n) is 3.98. The average Bonchev–Trinajstić information content (AvgIpc) is 2.79. The lowest BCUT2D eigenvalue weighted by atomic mass is 10.1. The quantitative estimate of drug-likeness (QED) is 0.943. The number of hydrogen-bond donors (Lipinski definition) is 1. The molecule has 1 unspecified atom stereocenters. The first kappa shape index (κ1) is 13.8. The van der Waals surface area contributed by atoms with Gasteiger partial charge < -0.3 is 9.84 Å². The summed E-state index contributed by atoms with van der Waals surface area (Å²) < 4.78 is 4.84. The molecule has 0 aliphatic rings. The number of benzene rings is 1. The summed E-state index contributed by atoms with van der Waals surface area (Å²) in [6.07, 6.45) is 0. The molecule has 19 heavy (non-hydrogen) atoms. The fourth-order valence-corrected chi connectivity index (χ4v) is 1.95. The summed E-state index contributed by atoms with van der Waals surface area (Å²) in [4.78, 5) is 16.1. The van der Waals surface area contributed by atoms with Crippen molar-refractivity contribution in [2.75, 3.05) is 5.32 Å². The third-order valence-corrected chi connectivity index (χ3v) is 3.16. The van der Waals surface area contributed by atoms with Crippen LogP contribution in [0, 0.1) is 6.92 Å². The molecular formula is C12H11Cl2N3O2. The topological polar surface area (TPSA) is 68.0 Å². The predicted molar refractivity (Wildman–Crippen MR) is 72.5 cm³/mol. The van der Waals surface area contributed by atoms with Crippen LogP contribution < -0.4 is 5.32 Å². The molecule has 1 aromatic carbocycles. The van der Waals surface area contributed by atoms with Crippen LogP contribution in [0.3, 0.4) is 0 Å². The Balaban J connectivity index is 2.17. The molecular weight excluding hydrogens is 289 g/mol. The van der Waals surface area contributed by atoms with E-state index in [2.05, 4.69) is 15.5 Å². The van der Waals surface area contributed by atoms with E-state index in [1.54, 1.807) is 32.0 Å². The van der Waals surface area contributed by atoms with Crippen LogP contribution in [-0.4, -0.2) is 16.0 Å². The van der Waals surface area contributed by atoms with E-state index in [0.717, 1.165) is 0 Å². The smallest absolute Gasteiger partial charge is 0.235 e. The molecule has 1 aromatic heterocycles. The highest BCUT2D eigenvalue weighted by Crippen LogP contribution is 2.30. The average molecular weight is 300 g/mol. The number of para-hydroxylation sites is 1. The Morgan fingerprint density at radius 1 is 1.37 bits per heavy atom. The number of aromatic nitrogens is 2. The zero-order chi connectivity index (χ0) is 14.0. The van der Waals surface area contributed by atoms with Crippen LogP contribution in [0.4, 0.5) is 5.69 Å². The molecule has 0 spiro atoms. The van der Waals surface area contributed by atoms with Gasteiger partial charge in [-0.05, 0) is 19.1 Å². The molecule has 7 heteroatoms. The van der Waals surface area contributed by atoms with E-state index in [0.29, 0.717) is 27.4 Å². The fraction of sp³-hybridized carbons (Fsp3) is 0.250. The molecule has 100 valence electrons. The second-order valence-corrected chi connectivity index (χ2v) is 4.79. The maximum Gasteiger partial charge on any atom is 0.235 e. The maximum absolute atomic E-state index is 12.1. The molecule has 0 radical (unpaired) electrons. The van der Waals surface area contributed by atoms with Crippen molar-refractivity contribution >= 4 is 34.8 Å². The molecule has 5 nitrogen and oxygen atoms in total. The molecule has 2 rings (SSSR count). The normalized spacial score (nSPS) is 12.2. The van der Waals surface area contributed by atoms with E-state index in [4.69, 9.17) is 27.7 Å². The van der Waals surface area contributed by atoms with Crippen LogP contribution in [0.1, 0.15) is 24.6 Å². The molecule has 0 aliphatic carbocycles. The monoisotopic (exact) mass is 299 g/mol. The van der Waals surface area contributed by atoms with Crippen LogP contribution in [0.5, 0.6) is 0 Å². The van der Waals surface area contributed by atoms with Gasteiger partial charge in [0.05, 0.1) is 21.7 Å². The number of nitrogens with one attached hydrogen (secondary N) is 1. The molecule has 0 aliphatic heterocycles. The number of halogens is 2. The molecule has 2 aromatic rings. The minimum absolute atomic E-state index is 0.309. The predicted octanol–water partition coefficient (Wildman–Crippen LogP) is 3.43. The van der Waals surface area contributed by atoms with Crippen molar-refractivity contribution in [3.05, 3.63) is 40.0 Å². The zero-order valence-electron chi connectivity index (χ0n) is 10.3. The van der Waals surface area contributed by atoms with Crippen molar-refractivity contribution in [1.82, 2.24) is 10.1 Å². The van der Waals surface area contributed by atoms with Gasteiger partial charge in [-0.15, -0.1) is 0 Å².